The number of hydrogen-bond donors (Lipinski definition) is 0. The van der Waals surface area contributed by atoms with E-state index in [0.29, 0.717) is 6.42 Å². The van der Waals surface area contributed by atoms with Crippen molar-refractivity contribution in [2.75, 3.05) is 13.1 Å². The summed E-state index contributed by atoms with van der Waals surface area (Å²) in [4.78, 5) is 22.8. The van der Waals surface area contributed by atoms with E-state index < -0.39 is 0 Å². The Hall–Kier alpha value is -2.76. The molecule has 1 aliphatic heterocycles. The first kappa shape index (κ1) is 16.7. The van der Waals surface area contributed by atoms with Crippen molar-refractivity contribution in [2.45, 2.75) is 31.7 Å². The van der Waals surface area contributed by atoms with Crippen LogP contribution < -0.4 is 0 Å². The largest absolute Gasteiger partial charge is 0.343 e. The average Bonchev–Trinajstić information content (AvgIpc) is 3.10. The predicted molar refractivity (Wildman–Crippen MR) is 97.1 cm³/mol. The Balaban J connectivity index is 1.36. The summed E-state index contributed by atoms with van der Waals surface area (Å²) in [5, 5.41) is 0. The highest BCUT2D eigenvalue weighted by Gasteiger charge is 2.24. The minimum absolute atomic E-state index is 0.189. The van der Waals surface area contributed by atoms with Crippen LogP contribution in [0.3, 0.4) is 0 Å². The highest BCUT2D eigenvalue weighted by Crippen LogP contribution is 2.27. The summed E-state index contributed by atoms with van der Waals surface area (Å²) < 4.78 is 15.6. The molecule has 3 aromatic rings. The zero-order chi connectivity index (χ0) is 17.9. The summed E-state index contributed by atoms with van der Waals surface area (Å²) in [6, 6.07) is 8.82. The van der Waals surface area contributed by atoms with E-state index in [-0.39, 0.29) is 17.8 Å². The maximum absolute atomic E-state index is 13.6. The second kappa shape index (κ2) is 7.23. The number of amides is 1. The normalized spacial score (nSPS) is 15.5. The lowest BCUT2D eigenvalue weighted by Gasteiger charge is -2.33. The average molecular weight is 352 g/mol. The molecule has 134 valence electrons. The van der Waals surface area contributed by atoms with Gasteiger partial charge in [0.2, 0.25) is 5.91 Å². The molecule has 1 aromatic carbocycles. The van der Waals surface area contributed by atoms with Crippen LogP contribution in [0.2, 0.25) is 0 Å². The molecule has 1 fully saturated rings. The Morgan fingerprint density at radius 3 is 2.85 bits per heavy atom. The van der Waals surface area contributed by atoms with Gasteiger partial charge in [0.15, 0.2) is 0 Å². The molecule has 3 heterocycles. The van der Waals surface area contributed by atoms with E-state index in [4.69, 9.17) is 0 Å². The Kier molecular flexibility index (Phi) is 4.65. The van der Waals surface area contributed by atoms with E-state index in [2.05, 4.69) is 14.5 Å². The van der Waals surface area contributed by atoms with Crippen molar-refractivity contribution in [3.8, 4) is 0 Å². The van der Waals surface area contributed by atoms with E-state index in [1.54, 1.807) is 18.6 Å². The molecule has 6 heteroatoms. The van der Waals surface area contributed by atoms with Crippen LogP contribution in [-0.4, -0.2) is 38.4 Å². The summed E-state index contributed by atoms with van der Waals surface area (Å²) in [7, 11) is 0. The number of nitrogens with zero attached hydrogens (tertiary/aromatic N) is 4. The van der Waals surface area contributed by atoms with Crippen molar-refractivity contribution in [3.63, 3.8) is 0 Å². The highest BCUT2D eigenvalue weighted by molar-refractivity contribution is 5.77. The molecular formula is C20H21FN4O. The van der Waals surface area contributed by atoms with Crippen LogP contribution in [0.4, 0.5) is 4.39 Å². The first-order chi connectivity index (χ1) is 12.7. The Morgan fingerprint density at radius 1 is 1.23 bits per heavy atom. The van der Waals surface area contributed by atoms with Crippen molar-refractivity contribution in [3.05, 3.63) is 60.4 Å². The number of benzene rings is 1. The van der Waals surface area contributed by atoms with Gasteiger partial charge in [0.1, 0.15) is 5.82 Å². The lowest BCUT2D eigenvalue weighted by molar-refractivity contribution is -0.132. The van der Waals surface area contributed by atoms with E-state index >= 15 is 0 Å². The predicted octanol–water partition coefficient (Wildman–Crippen LogP) is 3.37. The van der Waals surface area contributed by atoms with E-state index in [0.717, 1.165) is 48.9 Å². The van der Waals surface area contributed by atoms with Crippen molar-refractivity contribution in [1.29, 1.82) is 0 Å². The fourth-order valence-electron chi connectivity index (χ4n) is 3.64. The molecule has 2 aromatic heterocycles. The van der Waals surface area contributed by atoms with Crippen LogP contribution in [0.15, 0.2) is 49.1 Å². The first-order valence-electron chi connectivity index (χ1n) is 8.99. The number of aromatic nitrogens is 3. The summed E-state index contributed by atoms with van der Waals surface area (Å²) in [5.41, 5.74) is 2.72. The molecule has 26 heavy (non-hydrogen) atoms. The standard InChI is InChI=1S/C20H21FN4O/c21-16-4-5-18-19(12-16)25(14-23-18)17-7-10-24(11-8-17)20(26)6-3-15-2-1-9-22-13-15/h1-2,4-5,9,12-14,17H,3,6-8,10-11H2. The molecular weight excluding hydrogens is 331 g/mol. The summed E-state index contributed by atoms with van der Waals surface area (Å²) >= 11 is 0. The summed E-state index contributed by atoms with van der Waals surface area (Å²) in [6.45, 7) is 1.46. The van der Waals surface area contributed by atoms with Crippen LogP contribution in [0.1, 0.15) is 30.9 Å². The molecule has 0 unspecified atom stereocenters. The minimum Gasteiger partial charge on any atom is -0.343 e. The number of piperidine rings is 1. The molecule has 0 aliphatic carbocycles. The van der Waals surface area contributed by atoms with Gasteiger partial charge in [-0.3, -0.25) is 9.78 Å². The number of carbonyl (C=O) groups excluding carboxylic acids is 1. The number of aryl methyl sites for hydroxylation is 1. The van der Waals surface area contributed by atoms with E-state index in [1.807, 2.05) is 23.2 Å². The third-order valence-corrected chi connectivity index (χ3v) is 5.10. The number of rotatable bonds is 4. The number of imidazole rings is 1. The van der Waals surface area contributed by atoms with Gasteiger partial charge in [-0.2, -0.15) is 0 Å². The van der Waals surface area contributed by atoms with Gasteiger partial charge >= 0.3 is 0 Å². The molecule has 4 rings (SSSR count). The SMILES string of the molecule is O=C(CCc1cccnc1)N1CCC(n2cnc3ccc(F)cc32)CC1. The Bertz CT molecular complexity index is 901. The third-order valence-electron chi connectivity index (χ3n) is 5.10. The van der Waals surface area contributed by atoms with Crippen LogP contribution >= 0.6 is 0 Å². The van der Waals surface area contributed by atoms with Gasteiger partial charge in [0.05, 0.1) is 17.4 Å². The maximum atomic E-state index is 13.6. The quantitative estimate of drug-likeness (QED) is 0.723. The van der Waals surface area contributed by atoms with Gasteiger partial charge in [0, 0.05) is 37.9 Å². The lowest BCUT2D eigenvalue weighted by Crippen LogP contribution is -2.39. The fraction of sp³-hybridized carbons (Fsp3) is 0.350. The first-order valence-corrected chi connectivity index (χ1v) is 8.99. The molecule has 1 aliphatic rings. The molecule has 0 N–H and O–H groups in total. The topological polar surface area (TPSA) is 51.0 Å². The molecule has 0 bridgehead atoms. The number of pyridine rings is 1. The van der Waals surface area contributed by atoms with Gasteiger partial charge in [-0.1, -0.05) is 6.07 Å². The molecule has 1 saturated heterocycles. The van der Waals surface area contributed by atoms with E-state index in [1.165, 1.54) is 12.1 Å². The van der Waals surface area contributed by atoms with Crippen LogP contribution in [0.25, 0.3) is 11.0 Å². The van der Waals surface area contributed by atoms with Gasteiger partial charge in [0.25, 0.3) is 0 Å². The fourth-order valence-corrected chi connectivity index (χ4v) is 3.64. The summed E-state index contributed by atoms with van der Waals surface area (Å²) in [6.07, 6.45) is 8.29. The second-order valence-electron chi connectivity index (χ2n) is 6.76. The van der Waals surface area contributed by atoms with Gasteiger partial charge in [-0.25, -0.2) is 9.37 Å². The number of fused-ring (bicyclic) bond motifs is 1. The molecule has 0 saturated carbocycles. The lowest BCUT2D eigenvalue weighted by atomic mass is 10.0. The zero-order valence-electron chi connectivity index (χ0n) is 14.5. The van der Waals surface area contributed by atoms with Crippen molar-refractivity contribution < 1.29 is 9.18 Å². The number of hydrogen-bond acceptors (Lipinski definition) is 3. The minimum atomic E-state index is -0.248. The van der Waals surface area contributed by atoms with Crippen molar-refractivity contribution >= 4 is 16.9 Å². The van der Waals surface area contributed by atoms with Crippen LogP contribution in [0.5, 0.6) is 0 Å². The number of halogens is 1. The van der Waals surface area contributed by atoms with Gasteiger partial charge < -0.3 is 9.47 Å². The van der Waals surface area contributed by atoms with Crippen LogP contribution in [-0.2, 0) is 11.2 Å². The Morgan fingerprint density at radius 2 is 2.08 bits per heavy atom. The molecule has 5 nitrogen and oxygen atoms in total. The van der Waals surface area contributed by atoms with Crippen molar-refractivity contribution in [2.24, 2.45) is 0 Å². The van der Waals surface area contributed by atoms with Crippen molar-refractivity contribution in [1.82, 2.24) is 19.4 Å². The smallest absolute Gasteiger partial charge is 0.222 e. The van der Waals surface area contributed by atoms with Crippen LogP contribution in [0, 0.1) is 5.82 Å². The number of likely N-dealkylation sites (tertiary alicyclic amines) is 1. The molecule has 1 amide bonds. The van der Waals surface area contributed by atoms with E-state index in [9.17, 15) is 9.18 Å². The molecule has 0 radical (unpaired) electrons. The highest BCUT2D eigenvalue weighted by atomic mass is 19.1. The van der Waals surface area contributed by atoms with Gasteiger partial charge in [-0.05, 0) is 49.1 Å². The maximum Gasteiger partial charge on any atom is 0.222 e. The number of carbonyl (C=O) groups is 1. The molecule has 0 spiro atoms. The Labute approximate surface area is 151 Å². The zero-order valence-corrected chi connectivity index (χ0v) is 14.5. The second-order valence-corrected chi connectivity index (χ2v) is 6.76. The third kappa shape index (κ3) is 3.45. The van der Waals surface area contributed by atoms with Gasteiger partial charge in [-0.15, -0.1) is 0 Å². The molecule has 0 atom stereocenters. The summed E-state index contributed by atoms with van der Waals surface area (Å²) in [5.74, 6) is -0.0592. The monoisotopic (exact) mass is 352 g/mol.